The normalized spacial score (nSPS) is 13.7. The first-order valence-corrected chi connectivity index (χ1v) is 17.2. The Labute approximate surface area is 301 Å². The van der Waals surface area contributed by atoms with E-state index in [0.717, 1.165) is 32.9 Å². The number of thiazole rings is 1. The van der Waals surface area contributed by atoms with E-state index >= 15 is 0 Å². The van der Waals surface area contributed by atoms with Crippen molar-refractivity contribution in [1.82, 2.24) is 39.0 Å². The smallest absolute Gasteiger partial charge is 0.416 e. The van der Waals surface area contributed by atoms with E-state index in [9.17, 15) is 32.7 Å². The van der Waals surface area contributed by atoms with Crippen molar-refractivity contribution in [2.24, 2.45) is 0 Å². The fraction of sp³-hybridized carbons (Fsp3) is 0.273. The third kappa shape index (κ3) is 6.38. The number of aryl methyl sites for hydroxylation is 1. The van der Waals surface area contributed by atoms with E-state index in [0.29, 0.717) is 11.3 Å². The molecule has 0 saturated carbocycles. The van der Waals surface area contributed by atoms with Gasteiger partial charge in [0, 0.05) is 31.7 Å². The number of fused-ring (bicyclic) bond motifs is 2. The average molecular weight is 753 g/mol. The number of piperazine rings is 1. The molecule has 2 aromatic carbocycles. The fourth-order valence-electron chi connectivity index (χ4n) is 6.08. The van der Waals surface area contributed by atoms with E-state index in [4.69, 9.17) is 16.6 Å². The van der Waals surface area contributed by atoms with Gasteiger partial charge in [-0.1, -0.05) is 18.5 Å². The standard InChI is InChI=1S/C33H28ClF3N10O4S/c1-3-23-27(44-8-10-45(11-9-44)30(50)26-28(49)17(2)38-15-39-26)31(51)47-32(42-29(43-47)18-4-6-22-24(12-18)52-16-40-22)46(23)14-25(48)41-21-7-5-19(13-20(21)34)33(35,36)37/h4-7,12-13,15-16,49H,3,8-11,14H2,1-2H3,(H,41,48). The van der Waals surface area contributed by atoms with Crippen molar-refractivity contribution in [1.29, 1.82) is 0 Å². The second kappa shape index (κ2) is 13.5. The highest BCUT2D eigenvalue weighted by Gasteiger charge is 2.32. The summed E-state index contributed by atoms with van der Waals surface area (Å²) in [5, 5.41) is 17.2. The zero-order valence-corrected chi connectivity index (χ0v) is 29.1. The predicted octanol–water partition coefficient (Wildman–Crippen LogP) is 4.81. The lowest BCUT2D eigenvalue weighted by Gasteiger charge is -2.36. The van der Waals surface area contributed by atoms with Crippen molar-refractivity contribution < 1.29 is 27.9 Å². The number of rotatable bonds is 7. The minimum absolute atomic E-state index is 0.0271. The number of benzene rings is 2. The molecule has 4 aromatic heterocycles. The van der Waals surface area contributed by atoms with Crippen LogP contribution in [0.2, 0.25) is 5.02 Å². The molecule has 0 spiro atoms. The Morgan fingerprint density at radius 1 is 1.06 bits per heavy atom. The summed E-state index contributed by atoms with van der Waals surface area (Å²) in [5.74, 6) is -1.13. The number of anilines is 2. The van der Waals surface area contributed by atoms with Crippen LogP contribution >= 0.6 is 22.9 Å². The van der Waals surface area contributed by atoms with Crippen LogP contribution in [-0.4, -0.2) is 82.1 Å². The Morgan fingerprint density at radius 3 is 2.54 bits per heavy atom. The largest absolute Gasteiger partial charge is 0.504 e. The Balaban J connectivity index is 1.26. The zero-order valence-electron chi connectivity index (χ0n) is 27.5. The molecule has 1 saturated heterocycles. The van der Waals surface area contributed by atoms with E-state index in [2.05, 4.69) is 25.4 Å². The van der Waals surface area contributed by atoms with Crippen LogP contribution in [0.4, 0.5) is 24.5 Å². The van der Waals surface area contributed by atoms with Crippen molar-refractivity contribution in [2.75, 3.05) is 36.4 Å². The van der Waals surface area contributed by atoms with Crippen LogP contribution in [0, 0.1) is 6.92 Å². The van der Waals surface area contributed by atoms with Gasteiger partial charge in [0.2, 0.25) is 11.7 Å². The number of nitrogens with one attached hydrogen (secondary N) is 1. The molecule has 52 heavy (non-hydrogen) atoms. The lowest BCUT2D eigenvalue weighted by molar-refractivity contribution is -0.137. The Kier molecular flexibility index (Phi) is 9.04. The van der Waals surface area contributed by atoms with E-state index < -0.39 is 35.7 Å². The predicted molar refractivity (Wildman–Crippen MR) is 187 cm³/mol. The quantitative estimate of drug-likeness (QED) is 0.232. The number of carbonyl (C=O) groups is 2. The molecule has 7 rings (SSSR count). The molecule has 0 bridgehead atoms. The van der Waals surface area contributed by atoms with Crippen LogP contribution in [-0.2, 0) is 23.9 Å². The third-order valence-corrected chi connectivity index (χ3v) is 9.82. The number of halogens is 4. The molecule has 6 aromatic rings. The minimum Gasteiger partial charge on any atom is -0.504 e. The topological polar surface area (TPSA) is 164 Å². The number of aromatic nitrogens is 7. The summed E-state index contributed by atoms with van der Waals surface area (Å²) in [5.41, 5.74) is 2.47. The summed E-state index contributed by atoms with van der Waals surface area (Å²) in [4.78, 5) is 61.3. The SMILES string of the molecule is CCc1c(N2CCN(C(=O)c3ncnc(C)c3O)CC2)c(=O)n2nc(-c3ccc4ncsc4c3)nc2n1CC(=O)Nc1ccc(C(F)(F)F)cc1Cl. The molecular weight excluding hydrogens is 725 g/mol. The highest BCUT2D eigenvalue weighted by molar-refractivity contribution is 7.16. The van der Waals surface area contributed by atoms with Crippen molar-refractivity contribution in [3.63, 3.8) is 0 Å². The van der Waals surface area contributed by atoms with Gasteiger partial charge in [-0.05, 0) is 49.7 Å². The van der Waals surface area contributed by atoms with Gasteiger partial charge in [0.15, 0.2) is 17.3 Å². The van der Waals surface area contributed by atoms with Gasteiger partial charge >= 0.3 is 6.18 Å². The van der Waals surface area contributed by atoms with Gasteiger partial charge in [-0.3, -0.25) is 14.4 Å². The maximum atomic E-state index is 14.3. The number of hydrogen-bond donors (Lipinski definition) is 2. The van der Waals surface area contributed by atoms with Crippen LogP contribution in [0.3, 0.4) is 0 Å². The second-order valence-corrected chi connectivity index (χ2v) is 13.2. The lowest BCUT2D eigenvalue weighted by Crippen LogP contribution is -2.51. The molecule has 0 unspecified atom stereocenters. The van der Waals surface area contributed by atoms with E-state index in [1.165, 1.54) is 22.6 Å². The van der Waals surface area contributed by atoms with Crippen LogP contribution in [0.5, 0.6) is 5.75 Å². The molecule has 19 heteroatoms. The molecule has 268 valence electrons. The molecule has 1 aliphatic rings. The maximum Gasteiger partial charge on any atom is 0.416 e. The summed E-state index contributed by atoms with van der Waals surface area (Å²) < 4.78 is 43.2. The Bertz CT molecular complexity index is 2440. The third-order valence-electron chi connectivity index (χ3n) is 8.71. The van der Waals surface area contributed by atoms with Crippen molar-refractivity contribution in [3.05, 3.63) is 86.3 Å². The first-order chi connectivity index (χ1) is 24.8. The van der Waals surface area contributed by atoms with Gasteiger partial charge < -0.3 is 24.8 Å². The number of hydrogen-bond acceptors (Lipinski definition) is 11. The molecular formula is C33H28ClF3N10O4S. The van der Waals surface area contributed by atoms with Crippen molar-refractivity contribution in [2.45, 2.75) is 33.0 Å². The van der Waals surface area contributed by atoms with Gasteiger partial charge in [0.05, 0.1) is 43.4 Å². The molecule has 14 nitrogen and oxygen atoms in total. The van der Waals surface area contributed by atoms with Crippen LogP contribution < -0.4 is 15.8 Å². The number of amides is 2. The number of alkyl halides is 3. The zero-order chi connectivity index (χ0) is 36.9. The fourth-order valence-corrected chi connectivity index (χ4v) is 7.02. The first kappa shape index (κ1) is 34.8. The molecule has 0 aliphatic carbocycles. The number of carbonyl (C=O) groups excluding carboxylic acids is 2. The van der Waals surface area contributed by atoms with E-state index in [1.807, 2.05) is 19.1 Å². The van der Waals surface area contributed by atoms with Crippen LogP contribution in [0.1, 0.15) is 34.4 Å². The Morgan fingerprint density at radius 2 is 1.83 bits per heavy atom. The summed E-state index contributed by atoms with van der Waals surface area (Å²) in [6.45, 7) is 3.80. The molecule has 2 N–H and O–H groups in total. The maximum absolute atomic E-state index is 14.3. The summed E-state index contributed by atoms with van der Waals surface area (Å²) in [6.07, 6.45) is -3.14. The monoisotopic (exact) mass is 752 g/mol. The van der Waals surface area contributed by atoms with Gasteiger partial charge in [-0.15, -0.1) is 16.4 Å². The summed E-state index contributed by atoms with van der Waals surface area (Å²) >= 11 is 7.56. The second-order valence-electron chi connectivity index (χ2n) is 11.9. The highest BCUT2D eigenvalue weighted by Crippen LogP contribution is 2.34. The molecule has 5 heterocycles. The molecule has 1 aliphatic heterocycles. The molecule has 1 fully saturated rings. The number of nitrogens with zero attached hydrogens (tertiary/aromatic N) is 9. The van der Waals surface area contributed by atoms with Crippen LogP contribution in [0.25, 0.3) is 27.4 Å². The Hall–Kier alpha value is -5.62. The van der Waals surface area contributed by atoms with Gasteiger partial charge in [-0.25, -0.2) is 15.0 Å². The highest BCUT2D eigenvalue weighted by atomic mass is 35.5. The number of aromatic hydroxyl groups is 1. The molecule has 2 amide bonds. The molecule has 0 radical (unpaired) electrons. The van der Waals surface area contributed by atoms with E-state index in [1.54, 1.807) is 28.0 Å². The molecule has 0 atom stereocenters. The van der Waals surface area contributed by atoms with E-state index in [-0.39, 0.29) is 77.7 Å². The van der Waals surface area contributed by atoms with Crippen molar-refractivity contribution >= 4 is 62.1 Å². The summed E-state index contributed by atoms with van der Waals surface area (Å²) in [7, 11) is 0. The van der Waals surface area contributed by atoms with Gasteiger partial charge in [-0.2, -0.15) is 22.7 Å². The van der Waals surface area contributed by atoms with Gasteiger partial charge in [0.25, 0.3) is 11.5 Å². The summed E-state index contributed by atoms with van der Waals surface area (Å²) in [6, 6.07) is 8.06. The van der Waals surface area contributed by atoms with Crippen molar-refractivity contribution in [3.8, 4) is 17.1 Å². The average Bonchev–Trinajstić information content (AvgIpc) is 3.79. The first-order valence-electron chi connectivity index (χ1n) is 15.9. The lowest BCUT2D eigenvalue weighted by atomic mass is 10.2. The minimum atomic E-state index is -4.62. The van der Waals surface area contributed by atoms with Crippen LogP contribution in [0.15, 0.2) is 53.0 Å². The van der Waals surface area contributed by atoms with Gasteiger partial charge in [0.1, 0.15) is 18.6 Å².